The molecule has 0 aliphatic heterocycles. The maximum atomic E-state index is 6.52. The van der Waals surface area contributed by atoms with Gasteiger partial charge in [-0.3, -0.25) is 0 Å². The predicted molar refractivity (Wildman–Crippen MR) is 102 cm³/mol. The normalized spacial score (nSPS) is 18.3. The number of nitrogens with zero attached hydrogens (tertiary/aromatic N) is 1. The van der Waals surface area contributed by atoms with E-state index in [2.05, 4.69) is 57.9 Å². The summed E-state index contributed by atoms with van der Waals surface area (Å²) in [6.07, 6.45) is 10.7. The number of hydrogen-bond donors (Lipinski definition) is 1. The quantitative estimate of drug-likeness (QED) is 0.381. The average molecular weight is 320 g/mol. The highest BCUT2D eigenvalue weighted by atomic mass is 31.1. The molecule has 0 spiro atoms. The van der Waals surface area contributed by atoms with Gasteiger partial charge in [-0.15, -0.1) is 0 Å². The Hall–Kier alpha value is -0.850. The first-order valence-corrected chi connectivity index (χ1v) is 9.37. The van der Waals surface area contributed by atoms with Crippen LogP contribution < -0.4 is 5.73 Å². The highest BCUT2D eigenvalue weighted by Gasteiger charge is 2.27. The van der Waals surface area contributed by atoms with Gasteiger partial charge in [0.05, 0.1) is 5.91 Å². The van der Waals surface area contributed by atoms with Crippen molar-refractivity contribution < 1.29 is 0 Å². The molecule has 124 valence electrons. The molecule has 22 heavy (non-hydrogen) atoms. The molecular formula is C19H33N2P. The van der Waals surface area contributed by atoms with E-state index in [4.69, 9.17) is 5.73 Å². The maximum absolute atomic E-state index is 6.52. The Bertz CT molecular complexity index is 452. The van der Waals surface area contributed by atoms with Crippen molar-refractivity contribution in [3.63, 3.8) is 0 Å². The van der Waals surface area contributed by atoms with Crippen molar-refractivity contribution in [3.05, 3.63) is 47.5 Å². The SMILES string of the molecule is C=C(C)PC(N)N(C(=C)/C(C)=C\C=C(C)C)C1CCCCC1. The van der Waals surface area contributed by atoms with Crippen LogP contribution in [-0.2, 0) is 0 Å². The van der Waals surface area contributed by atoms with Gasteiger partial charge in [-0.05, 0) is 46.1 Å². The molecule has 0 saturated heterocycles. The monoisotopic (exact) mass is 320 g/mol. The predicted octanol–water partition coefficient (Wildman–Crippen LogP) is 5.50. The molecular weight excluding hydrogens is 287 g/mol. The molecule has 0 aromatic carbocycles. The van der Waals surface area contributed by atoms with Gasteiger partial charge in [-0.1, -0.05) is 64.0 Å². The van der Waals surface area contributed by atoms with Crippen LogP contribution in [0.2, 0.25) is 0 Å². The third kappa shape index (κ3) is 6.10. The fourth-order valence-corrected chi connectivity index (χ4v) is 3.90. The number of nitrogens with two attached hydrogens (primary N) is 1. The summed E-state index contributed by atoms with van der Waals surface area (Å²) in [5, 5.41) is 1.16. The second kappa shape index (κ2) is 9.33. The van der Waals surface area contributed by atoms with Gasteiger partial charge in [0.15, 0.2) is 0 Å². The van der Waals surface area contributed by atoms with Crippen LogP contribution in [0.3, 0.4) is 0 Å². The van der Waals surface area contributed by atoms with Crippen LogP contribution in [0.5, 0.6) is 0 Å². The molecule has 1 rings (SSSR count). The Kier molecular flexibility index (Phi) is 8.14. The largest absolute Gasteiger partial charge is 0.350 e. The first-order valence-electron chi connectivity index (χ1n) is 8.30. The van der Waals surface area contributed by atoms with Gasteiger partial charge in [0, 0.05) is 11.7 Å². The molecule has 0 radical (unpaired) electrons. The van der Waals surface area contributed by atoms with Crippen molar-refractivity contribution in [2.24, 2.45) is 5.73 Å². The molecule has 1 fully saturated rings. The molecule has 1 aliphatic rings. The molecule has 0 amide bonds. The molecule has 2 unspecified atom stereocenters. The lowest BCUT2D eigenvalue weighted by atomic mass is 9.93. The van der Waals surface area contributed by atoms with Crippen molar-refractivity contribution in [3.8, 4) is 0 Å². The first-order chi connectivity index (χ1) is 10.3. The smallest absolute Gasteiger partial charge is 0.0978 e. The van der Waals surface area contributed by atoms with E-state index in [0.29, 0.717) is 14.6 Å². The van der Waals surface area contributed by atoms with Crippen LogP contribution in [-0.4, -0.2) is 16.8 Å². The standard InChI is InChI=1S/C19H33N2P/c1-14(2)12-13-16(5)17(6)21(19(20)22-15(3)4)18-10-8-7-9-11-18/h12-13,18-19,22H,3,6-11,20H2,1-2,4-5H3/b16-13-. The minimum Gasteiger partial charge on any atom is -0.350 e. The fraction of sp³-hybridized carbons (Fsp3) is 0.579. The zero-order chi connectivity index (χ0) is 16.7. The molecule has 0 aromatic rings. The van der Waals surface area contributed by atoms with Gasteiger partial charge in [0.1, 0.15) is 0 Å². The van der Waals surface area contributed by atoms with Gasteiger partial charge >= 0.3 is 0 Å². The van der Waals surface area contributed by atoms with Gasteiger partial charge in [0.2, 0.25) is 0 Å². The van der Waals surface area contributed by atoms with Crippen molar-refractivity contribution >= 4 is 8.58 Å². The third-order valence-electron chi connectivity index (χ3n) is 4.10. The van der Waals surface area contributed by atoms with E-state index in [-0.39, 0.29) is 5.91 Å². The topological polar surface area (TPSA) is 29.3 Å². The van der Waals surface area contributed by atoms with Gasteiger partial charge in [0.25, 0.3) is 0 Å². The second-order valence-corrected chi connectivity index (χ2v) is 8.34. The Morgan fingerprint density at radius 1 is 1.09 bits per heavy atom. The van der Waals surface area contributed by atoms with E-state index in [1.807, 2.05) is 0 Å². The van der Waals surface area contributed by atoms with Crippen LogP contribution in [0.15, 0.2) is 47.5 Å². The number of allylic oxidation sites excluding steroid dienone is 5. The Labute approximate surface area is 139 Å². The minimum atomic E-state index is 0.00292. The number of rotatable bonds is 7. The second-order valence-electron chi connectivity index (χ2n) is 6.61. The maximum Gasteiger partial charge on any atom is 0.0978 e. The molecule has 0 heterocycles. The minimum absolute atomic E-state index is 0.00292. The van der Waals surface area contributed by atoms with E-state index < -0.39 is 0 Å². The first kappa shape index (κ1) is 19.2. The molecule has 2 nitrogen and oxygen atoms in total. The van der Waals surface area contributed by atoms with Crippen LogP contribution in [0.25, 0.3) is 0 Å². The van der Waals surface area contributed by atoms with E-state index >= 15 is 0 Å². The summed E-state index contributed by atoms with van der Waals surface area (Å²) in [7, 11) is 0.556. The summed E-state index contributed by atoms with van der Waals surface area (Å²) in [4.78, 5) is 2.37. The van der Waals surface area contributed by atoms with Crippen LogP contribution >= 0.6 is 8.58 Å². The van der Waals surface area contributed by atoms with Crippen molar-refractivity contribution in [1.29, 1.82) is 0 Å². The molecule has 0 bridgehead atoms. The molecule has 1 aliphatic carbocycles. The molecule has 1 saturated carbocycles. The summed E-state index contributed by atoms with van der Waals surface area (Å²) in [5.41, 5.74) is 10.1. The summed E-state index contributed by atoms with van der Waals surface area (Å²) >= 11 is 0. The highest BCUT2D eigenvalue weighted by Crippen LogP contribution is 2.35. The summed E-state index contributed by atoms with van der Waals surface area (Å²) in [6, 6.07) is 0.526. The summed E-state index contributed by atoms with van der Waals surface area (Å²) in [6.45, 7) is 16.8. The third-order valence-corrected chi connectivity index (χ3v) is 5.16. The zero-order valence-electron chi connectivity index (χ0n) is 14.8. The lowest BCUT2D eigenvalue weighted by Gasteiger charge is -2.41. The number of hydrogen-bond acceptors (Lipinski definition) is 2. The van der Waals surface area contributed by atoms with Crippen LogP contribution in [0, 0.1) is 0 Å². The molecule has 2 N–H and O–H groups in total. The lowest BCUT2D eigenvalue weighted by Crippen LogP contribution is -2.45. The van der Waals surface area contributed by atoms with Crippen molar-refractivity contribution in [2.75, 3.05) is 0 Å². The highest BCUT2D eigenvalue weighted by molar-refractivity contribution is 7.43. The average Bonchev–Trinajstić information content (AvgIpc) is 2.45. The summed E-state index contributed by atoms with van der Waals surface area (Å²) < 4.78 is 0. The van der Waals surface area contributed by atoms with Crippen molar-refractivity contribution in [1.82, 2.24) is 4.90 Å². The van der Waals surface area contributed by atoms with Gasteiger partial charge in [-0.2, -0.15) is 0 Å². The van der Waals surface area contributed by atoms with E-state index in [1.54, 1.807) is 0 Å². The van der Waals surface area contributed by atoms with Crippen LogP contribution in [0.1, 0.15) is 59.8 Å². The van der Waals surface area contributed by atoms with Crippen molar-refractivity contribution in [2.45, 2.75) is 71.7 Å². The Balaban J connectivity index is 2.97. The van der Waals surface area contributed by atoms with Gasteiger partial charge in [-0.25, -0.2) is 0 Å². The Morgan fingerprint density at radius 3 is 2.18 bits per heavy atom. The molecule has 0 aromatic heterocycles. The summed E-state index contributed by atoms with van der Waals surface area (Å²) in [5.74, 6) is 0.00292. The zero-order valence-corrected chi connectivity index (χ0v) is 15.8. The van der Waals surface area contributed by atoms with E-state index in [1.165, 1.54) is 43.3 Å². The fourth-order valence-electron chi connectivity index (χ4n) is 2.89. The van der Waals surface area contributed by atoms with E-state index in [9.17, 15) is 0 Å². The van der Waals surface area contributed by atoms with E-state index in [0.717, 1.165) is 11.0 Å². The molecule has 2 atom stereocenters. The Morgan fingerprint density at radius 2 is 1.68 bits per heavy atom. The van der Waals surface area contributed by atoms with Crippen LogP contribution in [0.4, 0.5) is 0 Å². The van der Waals surface area contributed by atoms with Gasteiger partial charge < -0.3 is 10.6 Å². The lowest BCUT2D eigenvalue weighted by molar-refractivity contribution is 0.192. The molecule has 3 heteroatoms.